The molecule has 130 valence electrons. The Kier molecular flexibility index (Phi) is 5.18. The van der Waals surface area contributed by atoms with E-state index in [1.807, 2.05) is 10.6 Å². The van der Waals surface area contributed by atoms with Gasteiger partial charge in [-0.05, 0) is 43.7 Å². The molecule has 0 fully saturated rings. The van der Waals surface area contributed by atoms with E-state index in [9.17, 15) is 4.79 Å². The van der Waals surface area contributed by atoms with Gasteiger partial charge in [-0.3, -0.25) is 4.79 Å². The molecule has 1 aromatic heterocycles. The highest BCUT2D eigenvalue weighted by Gasteiger charge is 2.14. The minimum atomic E-state index is -0.836. The van der Waals surface area contributed by atoms with Crippen molar-refractivity contribution < 1.29 is 9.90 Å². The molecule has 0 saturated heterocycles. The van der Waals surface area contributed by atoms with Crippen LogP contribution in [0, 0.1) is 0 Å². The smallest absolute Gasteiger partial charge is 0.303 e. The average molecular weight is 402 g/mol. The molecule has 1 N–H and O–H groups in total. The number of carboxylic acids is 1. The lowest BCUT2D eigenvalue weighted by Gasteiger charge is -2.15. The van der Waals surface area contributed by atoms with Crippen LogP contribution in [0.15, 0.2) is 41.1 Å². The molecule has 1 heterocycles. The van der Waals surface area contributed by atoms with E-state index in [1.165, 1.54) is 16.3 Å². The number of benzene rings is 2. The molecular formula is C19H20BrN3O2. The number of nitrogens with zero attached hydrogens (tertiary/aromatic N) is 3. The van der Waals surface area contributed by atoms with Crippen LogP contribution in [0.2, 0.25) is 0 Å². The first-order chi connectivity index (χ1) is 12.0. The van der Waals surface area contributed by atoms with Crippen molar-refractivity contribution in [3.05, 3.63) is 58.1 Å². The Morgan fingerprint density at radius 3 is 2.56 bits per heavy atom. The summed E-state index contributed by atoms with van der Waals surface area (Å²) >= 11 is 3.43. The van der Waals surface area contributed by atoms with Crippen LogP contribution in [0.4, 0.5) is 0 Å². The van der Waals surface area contributed by atoms with Crippen LogP contribution < -0.4 is 0 Å². The zero-order valence-electron chi connectivity index (χ0n) is 14.2. The summed E-state index contributed by atoms with van der Waals surface area (Å²) in [6.07, 6.45) is 0.397. The number of aliphatic carboxylic acids is 1. The second-order valence-corrected chi connectivity index (χ2v) is 7.09. The van der Waals surface area contributed by atoms with Gasteiger partial charge in [0.05, 0.1) is 13.0 Å². The SMILES string of the molecule is CC(C)c1ccc(Cn2c(Br)nnc2CCC(=O)O)c2ccccc12. The quantitative estimate of drug-likeness (QED) is 0.665. The summed E-state index contributed by atoms with van der Waals surface area (Å²) in [6, 6.07) is 12.7. The molecule has 0 aliphatic rings. The second kappa shape index (κ2) is 7.35. The third-order valence-electron chi connectivity index (χ3n) is 4.34. The first-order valence-corrected chi connectivity index (χ1v) is 9.06. The van der Waals surface area contributed by atoms with Gasteiger partial charge >= 0.3 is 5.97 Å². The third-order valence-corrected chi connectivity index (χ3v) is 4.93. The maximum absolute atomic E-state index is 10.9. The fraction of sp³-hybridized carbons (Fsp3) is 0.316. The summed E-state index contributed by atoms with van der Waals surface area (Å²) in [4.78, 5) is 10.9. The van der Waals surface area contributed by atoms with Gasteiger partial charge in [0.2, 0.25) is 0 Å². The van der Waals surface area contributed by atoms with Gasteiger partial charge in [0.25, 0.3) is 0 Å². The zero-order valence-corrected chi connectivity index (χ0v) is 15.8. The van der Waals surface area contributed by atoms with E-state index in [1.54, 1.807) is 0 Å². The van der Waals surface area contributed by atoms with Crippen molar-refractivity contribution in [2.24, 2.45) is 0 Å². The molecule has 25 heavy (non-hydrogen) atoms. The Morgan fingerprint density at radius 2 is 1.88 bits per heavy atom. The molecule has 0 aliphatic heterocycles. The summed E-state index contributed by atoms with van der Waals surface area (Å²) in [5.41, 5.74) is 2.49. The van der Waals surface area contributed by atoms with Crippen LogP contribution in [0.3, 0.4) is 0 Å². The molecule has 5 nitrogen and oxygen atoms in total. The van der Waals surface area contributed by atoms with Gasteiger partial charge in [0.1, 0.15) is 5.82 Å². The van der Waals surface area contributed by atoms with Gasteiger partial charge in [0, 0.05) is 6.42 Å². The van der Waals surface area contributed by atoms with Gasteiger partial charge < -0.3 is 9.67 Å². The Balaban J connectivity index is 2.01. The van der Waals surface area contributed by atoms with Gasteiger partial charge in [-0.2, -0.15) is 0 Å². The number of aryl methyl sites for hydroxylation is 1. The molecule has 0 amide bonds. The third kappa shape index (κ3) is 3.74. The molecule has 2 aromatic carbocycles. The number of fused-ring (bicyclic) bond motifs is 1. The van der Waals surface area contributed by atoms with E-state index in [4.69, 9.17) is 5.11 Å². The van der Waals surface area contributed by atoms with Gasteiger partial charge in [-0.1, -0.05) is 50.2 Å². The molecule has 3 rings (SSSR count). The zero-order chi connectivity index (χ0) is 18.0. The molecule has 0 unspecified atom stereocenters. The van der Waals surface area contributed by atoms with E-state index in [2.05, 4.69) is 70.3 Å². The molecule has 0 radical (unpaired) electrons. The summed E-state index contributed by atoms with van der Waals surface area (Å²) in [5.74, 6) is 0.287. The van der Waals surface area contributed by atoms with Crippen molar-refractivity contribution in [2.75, 3.05) is 0 Å². The average Bonchev–Trinajstić information content (AvgIpc) is 2.93. The highest BCUT2D eigenvalue weighted by Crippen LogP contribution is 2.29. The summed E-state index contributed by atoms with van der Waals surface area (Å²) in [6.45, 7) is 4.99. The van der Waals surface area contributed by atoms with Gasteiger partial charge in [-0.15, -0.1) is 10.2 Å². The monoisotopic (exact) mass is 401 g/mol. The second-order valence-electron chi connectivity index (χ2n) is 6.38. The van der Waals surface area contributed by atoms with Crippen LogP contribution in [0.1, 0.15) is 43.1 Å². The van der Waals surface area contributed by atoms with Crippen LogP contribution >= 0.6 is 15.9 Å². The molecule has 0 bridgehead atoms. The molecule has 0 atom stereocenters. The predicted molar refractivity (Wildman–Crippen MR) is 101 cm³/mol. The van der Waals surface area contributed by atoms with E-state index < -0.39 is 5.97 Å². The number of aromatic nitrogens is 3. The number of rotatable bonds is 6. The van der Waals surface area contributed by atoms with Crippen LogP contribution in [0.5, 0.6) is 0 Å². The number of halogens is 1. The first kappa shape index (κ1) is 17.6. The summed E-state index contributed by atoms with van der Waals surface area (Å²) in [5, 5.41) is 19.5. The lowest BCUT2D eigenvalue weighted by Crippen LogP contribution is -2.09. The van der Waals surface area contributed by atoms with Crippen molar-refractivity contribution in [1.29, 1.82) is 0 Å². The minimum Gasteiger partial charge on any atom is -0.481 e. The van der Waals surface area contributed by atoms with Crippen LogP contribution in [-0.4, -0.2) is 25.8 Å². The fourth-order valence-corrected chi connectivity index (χ4v) is 3.48. The van der Waals surface area contributed by atoms with Crippen molar-refractivity contribution in [3.8, 4) is 0 Å². The minimum absolute atomic E-state index is 0.0398. The van der Waals surface area contributed by atoms with Crippen molar-refractivity contribution >= 4 is 32.7 Å². The van der Waals surface area contributed by atoms with Crippen molar-refractivity contribution in [1.82, 2.24) is 14.8 Å². The standard InChI is InChI=1S/C19H20BrN3O2/c1-12(2)14-8-7-13(15-5-3-4-6-16(14)15)11-23-17(9-10-18(24)25)21-22-19(23)20/h3-8,12H,9-11H2,1-2H3,(H,24,25). The van der Waals surface area contributed by atoms with Crippen LogP contribution in [0.25, 0.3) is 10.8 Å². The molecular weight excluding hydrogens is 382 g/mol. The Bertz CT molecular complexity index is 918. The maximum atomic E-state index is 10.9. The lowest BCUT2D eigenvalue weighted by molar-refractivity contribution is -0.137. The van der Waals surface area contributed by atoms with Crippen LogP contribution in [-0.2, 0) is 17.8 Å². The Labute approximate surface area is 154 Å². The number of hydrogen-bond donors (Lipinski definition) is 1. The normalized spacial score (nSPS) is 11.4. The van der Waals surface area contributed by atoms with E-state index in [0.29, 0.717) is 29.4 Å². The summed E-state index contributed by atoms with van der Waals surface area (Å²) < 4.78 is 2.55. The largest absolute Gasteiger partial charge is 0.481 e. The molecule has 0 spiro atoms. The topological polar surface area (TPSA) is 68.0 Å². The molecule has 0 aliphatic carbocycles. The number of carbonyl (C=O) groups is 1. The van der Waals surface area contributed by atoms with E-state index >= 15 is 0 Å². The number of carboxylic acid groups (broad SMARTS) is 1. The van der Waals surface area contributed by atoms with E-state index in [0.717, 1.165) is 5.56 Å². The molecule has 0 saturated carbocycles. The Morgan fingerprint density at radius 1 is 1.16 bits per heavy atom. The highest BCUT2D eigenvalue weighted by atomic mass is 79.9. The maximum Gasteiger partial charge on any atom is 0.303 e. The van der Waals surface area contributed by atoms with Gasteiger partial charge in [0.15, 0.2) is 4.73 Å². The Hall–Kier alpha value is -2.21. The summed E-state index contributed by atoms with van der Waals surface area (Å²) in [7, 11) is 0. The fourth-order valence-electron chi connectivity index (χ4n) is 3.07. The number of hydrogen-bond acceptors (Lipinski definition) is 3. The first-order valence-electron chi connectivity index (χ1n) is 8.27. The van der Waals surface area contributed by atoms with Crippen molar-refractivity contribution in [3.63, 3.8) is 0 Å². The van der Waals surface area contributed by atoms with Crippen molar-refractivity contribution in [2.45, 2.75) is 39.2 Å². The highest BCUT2D eigenvalue weighted by molar-refractivity contribution is 9.10. The van der Waals surface area contributed by atoms with E-state index in [-0.39, 0.29) is 6.42 Å². The van der Waals surface area contributed by atoms with Gasteiger partial charge in [-0.25, -0.2) is 0 Å². The lowest BCUT2D eigenvalue weighted by atomic mass is 9.93. The molecule has 6 heteroatoms. The predicted octanol–water partition coefficient (Wildman–Crippen LogP) is 4.38. The molecule has 3 aromatic rings.